The van der Waals surface area contributed by atoms with E-state index in [2.05, 4.69) is 46.7 Å². The Hall–Kier alpha value is -2.32. The van der Waals surface area contributed by atoms with Crippen molar-refractivity contribution in [1.82, 2.24) is 15.4 Å². The van der Waals surface area contributed by atoms with Crippen molar-refractivity contribution >= 4 is 29.4 Å². The molecular formula is C21H30N4O3S. The maximum Gasteiger partial charge on any atom is 0.238 e. The first kappa shape index (κ1) is 23.0. The second kappa shape index (κ2) is 11.6. The minimum absolute atomic E-state index is 0.0833. The number of rotatable bonds is 11. The van der Waals surface area contributed by atoms with Crippen LogP contribution in [0.5, 0.6) is 0 Å². The van der Waals surface area contributed by atoms with Crippen molar-refractivity contribution in [2.45, 2.75) is 39.0 Å². The minimum atomic E-state index is -0.384. The lowest BCUT2D eigenvalue weighted by atomic mass is 10.1. The number of hydrogen-bond donors (Lipinski definition) is 2. The van der Waals surface area contributed by atoms with Gasteiger partial charge >= 0.3 is 0 Å². The molecule has 7 nitrogen and oxygen atoms in total. The molecule has 0 fully saturated rings. The zero-order valence-corrected chi connectivity index (χ0v) is 18.3. The van der Waals surface area contributed by atoms with Gasteiger partial charge in [0.05, 0.1) is 17.0 Å². The van der Waals surface area contributed by atoms with Gasteiger partial charge < -0.3 is 15.2 Å². The van der Waals surface area contributed by atoms with Crippen LogP contribution in [0, 0.1) is 6.92 Å². The van der Waals surface area contributed by atoms with Gasteiger partial charge in [-0.05, 0) is 32.5 Å². The summed E-state index contributed by atoms with van der Waals surface area (Å²) < 4.78 is 4.93. The SMILES string of the molecule is CCN(CC)C(CNC(=O)CSC(C)C(=O)Nc1cc(C)on1)c1ccccc1. The largest absolute Gasteiger partial charge is 0.360 e. The highest BCUT2D eigenvalue weighted by atomic mass is 32.2. The Kier molecular flexibility index (Phi) is 9.21. The number of carbonyl (C=O) groups excluding carboxylic acids is 2. The van der Waals surface area contributed by atoms with E-state index in [0.29, 0.717) is 18.1 Å². The molecule has 2 rings (SSSR count). The van der Waals surface area contributed by atoms with Crippen molar-refractivity contribution in [1.29, 1.82) is 0 Å². The van der Waals surface area contributed by atoms with Crippen LogP contribution in [0.25, 0.3) is 0 Å². The summed E-state index contributed by atoms with van der Waals surface area (Å²) in [6.45, 7) is 10.1. The molecule has 2 N–H and O–H groups in total. The molecule has 2 amide bonds. The molecule has 1 aromatic carbocycles. The van der Waals surface area contributed by atoms with Gasteiger partial charge in [0.15, 0.2) is 5.82 Å². The van der Waals surface area contributed by atoms with E-state index in [4.69, 9.17) is 4.52 Å². The zero-order valence-electron chi connectivity index (χ0n) is 17.5. The summed E-state index contributed by atoms with van der Waals surface area (Å²) in [5, 5.41) is 9.06. The number of hydrogen-bond acceptors (Lipinski definition) is 6. The quantitative estimate of drug-likeness (QED) is 0.582. The molecule has 2 atom stereocenters. The smallest absolute Gasteiger partial charge is 0.238 e. The minimum Gasteiger partial charge on any atom is -0.360 e. The highest BCUT2D eigenvalue weighted by molar-refractivity contribution is 8.01. The highest BCUT2D eigenvalue weighted by Crippen LogP contribution is 2.20. The lowest BCUT2D eigenvalue weighted by Crippen LogP contribution is -2.39. The number of amides is 2. The van der Waals surface area contributed by atoms with Crippen LogP contribution in [0.2, 0.25) is 0 Å². The molecular weight excluding hydrogens is 388 g/mol. The van der Waals surface area contributed by atoms with Crippen LogP contribution in [0.4, 0.5) is 5.82 Å². The van der Waals surface area contributed by atoms with Crippen molar-refractivity contribution in [2.24, 2.45) is 0 Å². The van der Waals surface area contributed by atoms with Crippen LogP contribution in [0.3, 0.4) is 0 Å². The Labute approximate surface area is 176 Å². The van der Waals surface area contributed by atoms with Crippen LogP contribution in [0.15, 0.2) is 40.9 Å². The molecule has 0 aliphatic heterocycles. The summed E-state index contributed by atoms with van der Waals surface area (Å²) in [5.74, 6) is 0.934. The normalized spacial score (nSPS) is 13.1. The highest BCUT2D eigenvalue weighted by Gasteiger charge is 2.20. The van der Waals surface area contributed by atoms with Crippen molar-refractivity contribution < 1.29 is 14.1 Å². The molecule has 0 saturated heterocycles. The molecule has 8 heteroatoms. The van der Waals surface area contributed by atoms with E-state index in [1.54, 1.807) is 19.9 Å². The van der Waals surface area contributed by atoms with Crippen molar-refractivity contribution in [2.75, 3.05) is 30.7 Å². The Morgan fingerprint density at radius 3 is 2.48 bits per heavy atom. The van der Waals surface area contributed by atoms with E-state index < -0.39 is 0 Å². The molecule has 0 aliphatic carbocycles. The van der Waals surface area contributed by atoms with E-state index in [9.17, 15) is 9.59 Å². The molecule has 158 valence electrons. The van der Waals surface area contributed by atoms with Crippen LogP contribution in [0.1, 0.15) is 38.1 Å². The first-order chi connectivity index (χ1) is 13.9. The second-order valence-electron chi connectivity index (χ2n) is 6.72. The second-order valence-corrected chi connectivity index (χ2v) is 8.05. The van der Waals surface area contributed by atoms with E-state index >= 15 is 0 Å². The molecule has 2 aromatic rings. The third-order valence-electron chi connectivity index (χ3n) is 4.64. The third-order valence-corrected chi connectivity index (χ3v) is 5.79. The number of nitrogens with zero attached hydrogens (tertiary/aromatic N) is 2. The van der Waals surface area contributed by atoms with Gasteiger partial charge in [-0.1, -0.05) is 49.3 Å². The monoisotopic (exact) mass is 418 g/mol. The van der Waals surface area contributed by atoms with Crippen molar-refractivity contribution in [3.8, 4) is 0 Å². The van der Waals surface area contributed by atoms with Gasteiger partial charge in [0.25, 0.3) is 0 Å². The molecule has 1 aromatic heterocycles. The summed E-state index contributed by atoms with van der Waals surface area (Å²) in [7, 11) is 0. The van der Waals surface area contributed by atoms with Gasteiger partial charge in [-0.25, -0.2) is 0 Å². The topological polar surface area (TPSA) is 87.5 Å². The molecule has 0 aliphatic rings. The van der Waals surface area contributed by atoms with Gasteiger partial charge in [-0.15, -0.1) is 11.8 Å². The Balaban J connectivity index is 1.83. The fraction of sp³-hybridized carbons (Fsp3) is 0.476. The lowest BCUT2D eigenvalue weighted by molar-refractivity contribution is -0.118. The van der Waals surface area contributed by atoms with E-state index in [0.717, 1.165) is 13.1 Å². The van der Waals surface area contributed by atoms with Crippen LogP contribution in [-0.4, -0.2) is 52.5 Å². The number of likely N-dealkylation sites (N-methyl/N-ethyl adjacent to an activating group) is 1. The van der Waals surface area contributed by atoms with Gasteiger partial charge in [-0.3, -0.25) is 14.5 Å². The maximum atomic E-state index is 12.4. The summed E-state index contributed by atoms with van der Waals surface area (Å²) in [5.41, 5.74) is 1.18. The van der Waals surface area contributed by atoms with E-state index in [-0.39, 0.29) is 28.9 Å². The van der Waals surface area contributed by atoms with Gasteiger partial charge in [0, 0.05) is 12.6 Å². The number of nitrogens with one attached hydrogen (secondary N) is 2. The molecule has 1 heterocycles. The summed E-state index contributed by atoms with van der Waals surface area (Å²) >= 11 is 1.29. The number of thioether (sulfide) groups is 1. The molecule has 29 heavy (non-hydrogen) atoms. The summed E-state index contributed by atoms with van der Waals surface area (Å²) in [6, 6.07) is 12.0. The number of aromatic nitrogens is 1. The van der Waals surface area contributed by atoms with Crippen molar-refractivity contribution in [3.05, 3.63) is 47.7 Å². The van der Waals surface area contributed by atoms with Gasteiger partial charge in [0.1, 0.15) is 5.76 Å². The van der Waals surface area contributed by atoms with Gasteiger partial charge in [-0.2, -0.15) is 0 Å². The first-order valence-corrected chi connectivity index (χ1v) is 10.9. The predicted octanol–water partition coefficient (Wildman–Crippen LogP) is 3.24. The molecule has 0 bridgehead atoms. The molecule has 0 radical (unpaired) electrons. The summed E-state index contributed by atoms with van der Waals surface area (Å²) in [6.07, 6.45) is 0. The van der Waals surface area contributed by atoms with Crippen LogP contribution >= 0.6 is 11.8 Å². The fourth-order valence-electron chi connectivity index (χ4n) is 2.99. The number of benzene rings is 1. The average Bonchev–Trinajstić information content (AvgIpc) is 3.14. The number of aryl methyl sites for hydroxylation is 1. The van der Waals surface area contributed by atoms with E-state index in [1.165, 1.54) is 17.3 Å². The summed E-state index contributed by atoms with van der Waals surface area (Å²) in [4.78, 5) is 26.9. The number of anilines is 1. The third kappa shape index (κ3) is 7.21. The Morgan fingerprint density at radius 2 is 1.90 bits per heavy atom. The van der Waals surface area contributed by atoms with Crippen molar-refractivity contribution in [3.63, 3.8) is 0 Å². The fourth-order valence-corrected chi connectivity index (χ4v) is 3.70. The predicted molar refractivity (Wildman–Crippen MR) is 117 cm³/mol. The van der Waals surface area contributed by atoms with Crippen LogP contribution in [-0.2, 0) is 9.59 Å². The molecule has 0 saturated carbocycles. The molecule has 0 spiro atoms. The first-order valence-electron chi connectivity index (χ1n) is 9.86. The Morgan fingerprint density at radius 1 is 1.21 bits per heavy atom. The number of carbonyl (C=O) groups is 2. The maximum absolute atomic E-state index is 12.4. The lowest BCUT2D eigenvalue weighted by Gasteiger charge is -2.30. The average molecular weight is 419 g/mol. The zero-order chi connectivity index (χ0) is 21.2. The van der Waals surface area contributed by atoms with Crippen LogP contribution < -0.4 is 10.6 Å². The molecule has 2 unspecified atom stereocenters. The Bertz CT molecular complexity index is 777. The van der Waals surface area contributed by atoms with E-state index in [1.807, 2.05) is 18.2 Å². The van der Waals surface area contributed by atoms with Gasteiger partial charge in [0.2, 0.25) is 11.8 Å². The standard InChI is InChI=1S/C21H30N4O3S/c1-5-25(6-2)18(17-10-8-7-9-11-17)13-22-20(26)14-29-16(4)21(27)23-19-12-15(3)28-24-19/h7-12,16,18H,5-6,13-14H2,1-4H3,(H,22,26)(H,23,24,27).